The molecule has 12 unspecified atom stereocenters. The zero-order valence-corrected chi connectivity index (χ0v) is 54.7. The first kappa shape index (κ1) is 80.3. The lowest BCUT2D eigenvalue weighted by atomic mass is 9.97. The Morgan fingerprint density at radius 2 is 0.793 bits per heavy atom. The Hall–Kier alpha value is -2.83. The summed E-state index contributed by atoms with van der Waals surface area (Å²) >= 11 is 0. The van der Waals surface area contributed by atoms with Crippen LogP contribution in [0.4, 0.5) is 0 Å². The van der Waals surface area contributed by atoms with Gasteiger partial charge in [0.1, 0.15) is 48.8 Å². The van der Waals surface area contributed by atoms with E-state index in [4.69, 9.17) is 18.9 Å². The molecule has 0 aliphatic carbocycles. The molecule has 2 heterocycles. The number of amides is 1. The molecular formula is C73H129NO13. The molecule has 1 amide bonds. The zero-order valence-electron chi connectivity index (χ0n) is 54.7. The summed E-state index contributed by atoms with van der Waals surface area (Å²) in [6.45, 7) is 2.68. The smallest absolute Gasteiger partial charge is 0.220 e. The molecule has 2 saturated heterocycles. The summed E-state index contributed by atoms with van der Waals surface area (Å²) in [5, 5.41) is 87.4. The third kappa shape index (κ3) is 41.3. The second-order valence-electron chi connectivity index (χ2n) is 24.6. The van der Waals surface area contributed by atoms with Crippen molar-refractivity contribution in [3.8, 4) is 0 Å². The van der Waals surface area contributed by atoms with Crippen molar-refractivity contribution >= 4 is 5.91 Å². The Kier molecular flexibility index (Phi) is 52.7. The van der Waals surface area contributed by atoms with Gasteiger partial charge in [-0.25, -0.2) is 0 Å². The third-order valence-corrected chi connectivity index (χ3v) is 16.8. The van der Waals surface area contributed by atoms with Gasteiger partial charge in [0, 0.05) is 6.42 Å². The highest BCUT2D eigenvalue weighted by Gasteiger charge is 2.51. The van der Waals surface area contributed by atoms with Crippen molar-refractivity contribution in [1.29, 1.82) is 0 Å². The SMILES string of the molecule is CC/C=C\C/C=C\C/C=C\C/C=C\C/C=C\C/C=C\CCCCC(=O)NC(COC1OC(CO)C(OC2OC(CO)C(O)C(O)C2O)C(O)C1O)C(O)/C=C/CCCCCCCCCCCCCCCCCCCCCCCCCCCCCCCC. The van der Waals surface area contributed by atoms with Crippen LogP contribution in [0.1, 0.15) is 277 Å². The molecule has 504 valence electrons. The highest BCUT2D eigenvalue weighted by Crippen LogP contribution is 2.30. The van der Waals surface area contributed by atoms with Crippen molar-refractivity contribution in [2.75, 3.05) is 19.8 Å². The Labute approximate surface area is 529 Å². The number of nitrogens with one attached hydrogen (secondary N) is 1. The van der Waals surface area contributed by atoms with Crippen molar-refractivity contribution in [2.24, 2.45) is 0 Å². The fourth-order valence-electron chi connectivity index (χ4n) is 11.2. The minimum Gasteiger partial charge on any atom is -0.394 e. The Morgan fingerprint density at radius 3 is 1.22 bits per heavy atom. The van der Waals surface area contributed by atoms with Crippen LogP contribution in [0, 0.1) is 0 Å². The Morgan fingerprint density at radius 1 is 0.425 bits per heavy atom. The van der Waals surface area contributed by atoms with Gasteiger partial charge in [0.15, 0.2) is 12.6 Å². The predicted octanol–water partition coefficient (Wildman–Crippen LogP) is 14.4. The van der Waals surface area contributed by atoms with E-state index in [1.807, 2.05) is 6.08 Å². The highest BCUT2D eigenvalue weighted by molar-refractivity contribution is 5.76. The number of carbonyl (C=O) groups excluding carboxylic acids is 1. The molecule has 2 rings (SSSR count). The van der Waals surface area contributed by atoms with E-state index in [2.05, 4.69) is 92.1 Å². The van der Waals surface area contributed by atoms with Crippen LogP contribution in [0.5, 0.6) is 0 Å². The normalized spacial score (nSPS) is 23.8. The number of aliphatic hydroxyl groups excluding tert-OH is 8. The summed E-state index contributed by atoms with van der Waals surface area (Å²) in [6, 6.07) is -0.945. The highest BCUT2D eigenvalue weighted by atomic mass is 16.7. The van der Waals surface area contributed by atoms with Crippen LogP contribution in [0.15, 0.2) is 85.1 Å². The molecule has 9 N–H and O–H groups in total. The van der Waals surface area contributed by atoms with Crippen molar-refractivity contribution in [3.05, 3.63) is 85.1 Å². The van der Waals surface area contributed by atoms with Crippen molar-refractivity contribution in [3.63, 3.8) is 0 Å². The predicted molar refractivity (Wildman–Crippen MR) is 355 cm³/mol. The maximum absolute atomic E-state index is 13.3. The second-order valence-corrected chi connectivity index (χ2v) is 24.6. The Balaban J connectivity index is 1.69. The Bertz CT molecular complexity index is 1780. The van der Waals surface area contributed by atoms with E-state index in [1.54, 1.807) is 6.08 Å². The molecule has 14 nitrogen and oxygen atoms in total. The molecule has 2 aliphatic heterocycles. The number of rotatable bonds is 57. The average molecular weight is 1230 g/mol. The first-order chi connectivity index (χ1) is 42.6. The molecule has 0 radical (unpaired) electrons. The van der Waals surface area contributed by atoms with E-state index >= 15 is 0 Å². The quantitative estimate of drug-likeness (QED) is 0.0204. The van der Waals surface area contributed by atoms with E-state index in [-0.39, 0.29) is 18.9 Å². The topological polar surface area (TPSA) is 228 Å². The average Bonchev–Trinajstić information content (AvgIpc) is 1.56. The standard InChI is InChI=1S/C73H129NO13/c1-3-5-7-9-11-13-15-17-19-21-23-25-26-27-28-29-30-31-32-33-34-35-37-38-40-42-44-46-48-50-52-54-56-62(77)61(60-84-72-70(83)68(81)71(64(59-76)86-72)87-73-69(82)67(80)66(79)63(58-75)85-73)74-65(78)57-55-53-51-49-47-45-43-41-39-36-24-22-20-18-16-14-12-10-8-6-4-2/h6,8,12,14,18,20,24,36,41,43,47,49,54,56,61-64,66-73,75-77,79-83H,3-5,7,9-11,13,15-17,19,21-23,25-35,37-40,42,44-46,48,50-53,55,57-60H2,1-2H3,(H,74,78)/b8-6-,14-12-,20-18-,36-24-,43-41-,49-47-,56-54+. The lowest BCUT2D eigenvalue weighted by Crippen LogP contribution is -2.65. The number of unbranched alkanes of at least 4 members (excludes halogenated alkanes) is 32. The zero-order chi connectivity index (χ0) is 63.1. The largest absolute Gasteiger partial charge is 0.394 e. The van der Waals surface area contributed by atoms with Gasteiger partial charge in [-0.1, -0.05) is 285 Å². The molecule has 14 heteroatoms. The third-order valence-electron chi connectivity index (χ3n) is 16.8. The summed E-state index contributed by atoms with van der Waals surface area (Å²) in [5.41, 5.74) is 0. The maximum atomic E-state index is 13.3. The fourth-order valence-corrected chi connectivity index (χ4v) is 11.2. The molecule has 2 fully saturated rings. The lowest BCUT2D eigenvalue weighted by Gasteiger charge is -2.46. The van der Waals surface area contributed by atoms with Crippen LogP contribution >= 0.6 is 0 Å². The molecule has 2 aliphatic rings. The number of allylic oxidation sites excluding steroid dienone is 13. The molecule has 0 aromatic heterocycles. The lowest BCUT2D eigenvalue weighted by molar-refractivity contribution is -0.359. The molecule has 0 aromatic carbocycles. The summed E-state index contributed by atoms with van der Waals surface area (Å²) in [4.78, 5) is 13.3. The van der Waals surface area contributed by atoms with E-state index in [0.717, 1.165) is 70.6 Å². The minimum atomic E-state index is -1.80. The van der Waals surface area contributed by atoms with Gasteiger partial charge in [-0.3, -0.25) is 4.79 Å². The summed E-state index contributed by atoms with van der Waals surface area (Å²) in [7, 11) is 0. The molecule has 0 bridgehead atoms. The summed E-state index contributed by atoms with van der Waals surface area (Å²) in [6.07, 6.45) is 62.2. The van der Waals surface area contributed by atoms with Crippen LogP contribution < -0.4 is 5.32 Å². The van der Waals surface area contributed by atoms with Crippen LogP contribution in [0.3, 0.4) is 0 Å². The van der Waals surface area contributed by atoms with E-state index in [0.29, 0.717) is 6.42 Å². The van der Waals surface area contributed by atoms with Gasteiger partial charge < -0.3 is 65.1 Å². The van der Waals surface area contributed by atoms with Gasteiger partial charge in [-0.05, 0) is 70.6 Å². The first-order valence-corrected chi connectivity index (χ1v) is 35.3. The van der Waals surface area contributed by atoms with Crippen LogP contribution in [0.25, 0.3) is 0 Å². The monoisotopic (exact) mass is 1230 g/mol. The number of aliphatic hydroxyl groups is 8. The van der Waals surface area contributed by atoms with Gasteiger partial charge in [0.25, 0.3) is 0 Å². The molecule has 87 heavy (non-hydrogen) atoms. The van der Waals surface area contributed by atoms with Crippen molar-refractivity contribution < 1.29 is 64.6 Å². The second kappa shape index (κ2) is 57.1. The van der Waals surface area contributed by atoms with Gasteiger partial charge in [0.2, 0.25) is 5.91 Å². The minimum absolute atomic E-state index is 0.222. The van der Waals surface area contributed by atoms with Gasteiger partial charge in [-0.2, -0.15) is 0 Å². The van der Waals surface area contributed by atoms with Gasteiger partial charge in [0.05, 0.1) is 32.0 Å². The van der Waals surface area contributed by atoms with E-state index in [9.17, 15) is 45.6 Å². The number of hydrogen-bond donors (Lipinski definition) is 9. The van der Waals surface area contributed by atoms with Crippen LogP contribution in [0.2, 0.25) is 0 Å². The van der Waals surface area contributed by atoms with Gasteiger partial charge in [-0.15, -0.1) is 0 Å². The molecular weight excluding hydrogens is 1100 g/mol. The molecule has 0 saturated carbocycles. The fraction of sp³-hybridized carbons (Fsp3) is 0.795. The van der Waals surface area contributed by atoms with E-state index < -0.39 is 86.8 Å². The molecule has 12 atom stereocenters. The van der Waals surface area contributed by atoms with Crippen LogP contribution in [-0.4, -0.2) is 140 Å². The maximum Gasteiger partial charge on any atom is 0.220 e. The van der Waals surface area contributed by atoms with Crippen molar-refractivity contribution in [1.82, 2.24) is 5.32 Å². The van der Waals surface area contributed by atoms with Crippen LogP contribution in [-0.2, 0) is 23.7 Å². The number of hydrogen-bond acceptors (Lipinski definition) is 13. The van der Waals surface area contributed by atoms with Crippen molar-refractivity contribution in [2.45, 2.75) is 351 Å². The van der Waals surface area contributed by atoms with E-state index in [1.165, 1.54) is 180 Å². The first-order valence-electron chi connectivity index (χ1n) is 35.3. The summed E-state index contributed by atoms with van der Waals surface area (Å²) < 4.78 is 22.8. The number of ether oxygens (including phenoxy) is 4. The van der Waals surface area contributed by atoms with Gasteiger partial charge >= 0.3 is 0 Å². The molecule has 0 aromatic rings. The summed E-state index contributed by atoms with van der Waals surface area (Å²) in [5.74, 6) is -0.281. The molecule has 0 spiro atoms. The number of carbonyl (C=O) groups is 1.